The molecule has 2 aromatic carbocycles. The minimum Gasteiger partial charge on any atom is -0.478 e. The van der Waals surface area contributed by atoms with E-state index in [0.717, 1.165) is 56.3 Å². The van der Waals surface area contributed by atoms with Crippen molar-refractivity contribution in [2.24, 2.45) is 0 Å². The molecule has 0 radical (unpaired) electrons. The summed E-state index contributed by atoms with van der Waals surface area (Å²) >= 11 is 6.27. The van der Waals surface area contributed by atoms with E-state index in [4.69, 9.17) is 21.1 Å². The number of hydrogen-bond acceptors (Lipinski definition) is 6. The van der Waals surface area contributed by atoms with Crippen molar-refractivity contribution >= 4 is 17.5 Å². The van der Waals surface area contributed by atoms with Crippen LogP contribution in [0.1, 0.15) is 25.0 Å². The maximum absolute atomic E-state index is 13.3. The Hall–Kier alpha value is -2.41. The molecule has 2 fully saturated rings. The maximum atomic E-state index is 13.3. The number of nitrogens with zero attached hydrogens (tertiary/aromatic N) is 3. The number of hydrogen-bond donors (Lipinski definition) is 0. The van der Waals surface area contributed by atoms with Crippen LogP contribution < -0.4 is 4.74 Å². The van der Waals surface area contributed by atoms with Crippen molar-refractivity contribution < 1.29 is 18.7 Å². The molecule has 34 heavy (non-hydrogen) atoms. The Morgan fingerprint density at radius 3 is 2.56 bits per heavy atom. The van der Waals surface area contributed by atoms with Crippen LogP contribution in [0.3, 0.4) is 0 Å². The lowest BCUT2D eigenvalue weighted by Gasteiger charge is -2.45. The van der Waals surface area contributed by atoms with E-state index in [0.29, 0.717) is 24.0 Å². The van der Waals surface area contributed by atoms with Gasteiger partial charge in [0.15, 0.2) is 0 Å². The molecule has 2 heterocycles. The summed E-state index contributed by atoms with van der Waals surface area (Å²) in [5.74, 6) is 2.68. The second-order valence-corrected chi connectivity index (χ2v) is 9.39. The van der Waals surface area contributed by atoms with Crippen molar-refractivity contribution in [3.8, 4) is 5.75 Å². The van der Waals surface area contributed by atoms with Crippen LogP contribution in [0.5, 0.6) is 5.75 Å². The molecule has 0 bridgehead atoms. The second-order valence-electron chi connectivity index (χ2n) is 8.95. The number of halogens is 2. The second kappa shape index (κ2) is 11.3. The minimum atomic E-state index is -0.270. The van der Waals surface area contributed by atoms with Gasteiger partial charge in [-0.2, -0.15) is 0 Å². The molecule has 2 saturated heterocycles. The van der Waals surface area contributed by atoms with Gasteiger partial charge in [0.2, 0.25) is 0 Å². The van der Waals surface area contributed by atoms with Gasteiger partial charge in [-0.05, 0) is 49.7 Å². The van der Waals surface area contributed by atoms with Gasteiger partial charge in [-0.25, -0.2) is 9.18 Å². The summed E-state index contributed by atoms with van der Waals surface area (Å²) in [6, 6.07) is 12.0. The monoisotopic (exact) mass is 487 g/mol. The summed E-state index contributed by atoms with van der Waals surface area (Å²) in [6.45, 7) is 9.63. The lowest BCUT2D eigenvalue weighted by Crippen LogP contribution is -2.55. The zero-order valence-electron chi connectivity index (χ0n) is 19.7. The molecule has 2 aromatic rings. The predicted molar refractivity (Wildman–Crippen MR) is 130 cm³/mol. The summed E-state index contributed by atoms with van der Waals surface area (Å²) < 4.78 is 25.0. The van der Waals surface area contributed by atoms with E-state index in [9.17, 15) is 9.18 Å². The molecule has 0 amide bonds. The van der Waals surface area contributed by atoms with Crippen molar-refractivity contribution in [2.45, 2.75) is 39.0 Å². The lowest BCUT2D eigenvalue weighted by atomic mass is 10.0. The topological polar surface area (TPSA) is 45.3 Å². The van der Waals surface area contributed by atoms with Gasteiger partial charge in [0, 0.05) is 49.4 Å². The van der Waals surface area contributed by atoms with E-state index in [-0.39, 0.29) is 17.9 Å². The fourth-order valence-electron chi connectivity index (χ4n) is 4.55. The van der Waals surface area contributed by atoms with Gasteiger partial charge in [0.25, 0.3) is 0 Å². The first-order valence-electron chi connectivity index (χ1n) is 11.7. The third-order valence-electron chi connectivity index (χ3n) is 6.56. The standard InChI is InChI=1S/C26H31ClFN3O3/c1-19-14-30(20(2)25(17-32)31(19)15-21-3-6-24(28)7-4-21)18-34-26-8-5-23(27)13-22(26)16-29-9-11-33-12-10-29/h3-8,13,19-20H,9-12,14-16,18H2,1-2H3/t19-,20+/m1/s1. The van der Waals surface area contributed by atoms with E-state index in [1.54, 1.807) is 12.1 Å². The van der Waals surface area contributed by atoms with Crippen LogP contribution in [-0.4, -0.2) is 72.3 Å². The largest absolute Gasteiger partial charge is 0.478 e. The van der Waals surface area contributed by atoms with Gasteiger partial charge >= 0.3 is 0 Å². The summed E-state index contributed by atoms with van der Waals surface area (Å²) in [5.41, 5.74) is 2.57. The summed E-state index contributed by atoms with van der Waals surface area (Å²) in [4.78, 5) is 18.5. The van der Waals surface area contributed by atoms with E-state index < -0.39 is 0 Å². The highest BCUT2D eigenvalue weighted by atomic mass is 35.5. The zero-order valence-corrected chi connectivity index (χ0v) is 20.4. The summed E-state index contributed by atoms with van der Waals surface area (Å²) in [7, 11) is 0. The van der Waals surface area contributed by atoms with Gasteiger partial charge in [0.1, 0.15) is 29.9 Å². The zero-order chi connectivity index (χ0) is 24.1. The molecule has 4 rings (SSSR count). The predicted octanol–water partition coefficient (Wildman–Crippen LogP) is 3.96. The van der Waals surface area contributed by atoms with Crippen LogP contribution >= 0.6 is 11.6 Å². The SMILES string of the molecule is C[C@@H]1CN(COc2ccc(Cl)cc2CN2CCOCC2)[C@@H](C)C(=C=O)N1Cc1ccc(F)cc1. The van der Waals surface area contributed by atoms with Crippen LogP contribution in [0.2, 0.25) is 5.02 Å². The smallest absolute Gasteiger partial charge is 0.147 e. The van der Waals surface area contributed by atoms with Crippen LogP contribution in [0.25, 0.3) is 0 Å². The Balaban J connectivity index is 1.43. The molecule has 0 aliphatic carbocycles. The Morgan fingerprint density at radius 1 is 1.12 bits per heavy atom. The van der Waals surface area contributed by atoms with Gasteiger partial charge < -0.3 is 14.4 Å². The average molecular weight is 488 g/mol. The fraction of sp³-hybridized carbons (Fsp3) is 0.462. The first-order chi connectivity index (χ1) is 16.4. The van der Waals surface area contributed by atoms with E-state index >= 15 is 0 Å². The van der Waals surface area contributed by atoms with Crippen molar-refractivity contribution in [1.29, 1.82) is 0 Å². The molecule has 0 N–H and O–H groups in total. The molecule has 182 valence electrons. The fourth-order valence-corrected chi connectivity index (χ4v) is 4.74. The maximum Gasteiger partial charge on any atom is 0.147 e. The number of carbonyl (C=O) groups excluding carboxylic acids is 1. The quantitative estimate of drug-likeness (QED) is 0.551. The summed E-state index contributed by atoms with van der Waals surface area (Å²) in [5, 5.41) is 0.679. The van der Waals surface area contributed by atoms with Crippen LogP contribution in [0.4, 0.5) is 4.39 Å². The number of rotatable bonds is 7. The van der Waals surface area contributed by atoms with Gasteiger partial charge in [-0.1, -0.05) is 23.7 Å². The number of benzene rings is 2. The molecule has 0 aromatic heterocycles. The molecule has 2 aliphatic rings. The summed E-state index contributed by atoms with van der Waals surface area (Å²) in [6.07, 6.45) is 0. The van der Waals surface area contributed by atoms with E-state index in [1.165, 1.54) is 12.1 Å². The molecule has 8 heteroatoms. The normalized spacial score (nSPS) is 22.0. The molecule has 0 saturated carbocycles. The van der Waals surface area contributed by atoms with Gasteiger partial charge in [-0.15, -0.1) is 0 Å². The van der Waals surface area contributed by atoms with Crippen LogP contribution in [-0.2, 0) is 22.6 Å². The molecular formula is C26H31ClFN3O3. The number of ether oxygens (including phenoxy) is 2. The highest BCUT2D eigenvalue weighted by molar-refractivity contribution is 6.30. The third-order valence-corrected chi connectivity index (χ3v) is 6.80. The molecule has 0 unspecified atom stereocenters. The van der Waals surface area contributed by atoms with Gasteiger partial charge in [0.05, 0.1) is 19.3 Å². The molecular weight excluding hydrogens is 457 g/mol. The Kier molecular flexibility index (Phi) is 8.24. The number of piperazine rings is 1. The van der Waals surface area contributed by atoms with Crippen molar-refractivity contribution in [2.75, 3.05) is 39.6 Å². The van der Waals surface area contributed by atoms with Gasteiger partial charge in [-0.3, -0.25) is 9.80 Å². The number of morpholine rings is 1. The Bertz CT molecular complexity index is 1020. The van der Waals surface area contributed by atoms with Crippen LogP contribution in [0, 0.1) is 5.82 Å². The Morgan fingerprint density at radius 2 is 1.85 bits per heavy atom. The molecule has 0 spiro atoms. The third kappa shape index (κ3) is 5.98. The molecule has 6 nitrogen and oxygen atoms in total. The van der Waals surface area contributed by atoms with Crippen molar-refractivity contribution in [3.05, 3.63) is 70.1 Å². The Labute approximate surface area is 205 Å². The highest BCUT2D eigenvalue weighted by Gasteiger charge is 2.34. The lowest BCUT2D eigenvalue weighted by molar-refractivity contribution is 0.0250. The highest BCUT2D eigenvalue weighted by Crippen LogP contribution is 2.28. The minimum absolute atomic E-state index is 0.0688. The first-order valence-corrected chi connectivity index (χ1v) is 12.0. The first kappa shape index (κ1) is 24.7. The van der Waals surface area contributed by atoms with Crippen molar-refractivity contribution in [3.63, 3.8) is 0 Å². The molecule has 2 aliphatic heterocycles. The molecule has 2 atom stereocenters. The average Bonchev–Trinajstić information content (AvgIpc) is 2.83. The van der Waals surface area contributed by atoms with Crippen LogP contribution in [0.15, 0.2) is 48.2 Å². The van der Waals surface area contributed by atoms with Crippen molar-refractivity contribution in [1.82, 2.24) is 14.7 Å². The van der Waals surface area contributed by atoms with E-state index in [1.807, 2.05) is 30.0 Å². The van der Waals surface area contributed by atoms with E-state index in [2.05, 4.69) is 22.7 Å².